The molecule has 4 rings (SSSR count). The van der Waals surface area contributed by atoms with E-state index in [1.54, 1.807) is 4.31 Å². The Labute approximate surface area is 204 Å². The van der Waals surface area contributed by atoms with Crippen LogP contribution in [0.2, 0.25) is 0 Å². The molecule has 182 valence electrons. The molecule has 2 aromatic rings. The molecule has 0 unspecified atom stereocenters. The molecule has 5 nitrogen and oxygen atoms in total. The first-order chi connectivity index (χ1) is 16.4. The molecule has 0 aromatic heterocycles. The van der Waals surface area contributed by atoms with E-state index >= 15 is 0 Å². The van der Waals surface area contributed by atoms with Crippen LogP contribution in [0.3, 0.4) is 0 Å². The summed E-state index contributed by atoms with van der Waals surface area (Å²) in [7, 11) is -3.43. The van der Waals surface area contributed by atoms with E-state index in [4.69, 9.17) is 0 Å². The number of hydrogen-bond donors (Lipinski definition) is 1. The minimum atomic E-state index is -3.43. The first-order valence-electron chi connectivity index (χ1n) is 12.4. The smallest absolute Gasteiger partial charge is 0.218 e. The van der Waals surface area contributed by atoms with Gasteiger partial charge in [-0.3, -0.25) is 4.90 Å². The second-order valence-corrected chi connectivity index (χ2v) is 11.9. The monoisotopic (exact) mass is 480 g/mol. The number of benzene rings is 2. The highest BCUT2D eigenvalue weighted by molar-refractivity contribution is 7.88. The molecule has 2 aliphatic rings. The van der Waals surface area contributed by atoms with Crippen molar-refractivity contribution >= 4 is 10.0 Å². The summed E-state index contributed by atoms with van der Waals surface area (Å²) in [4.78, 5) is 2.31. The number of aliphatic hydroxyl groups is 1. The Morgan fingerprint density at radius 2 is 1.74 bits per heavy atom. The molecule has 0 radical (unpaired) electrons. The summed E-state index contributed by atoms with van der Waals surface area (Å²) in [5.41, 5.74) is 2.95. The van der Waals surface area contributed by atoms with E-state index in [0.717, 1.165) is 42.5 Å². The predicted octanol–water partition coefficient (Wildman–Crippen LogP) is 3.84. The van der Waals surface area contributed by atoms with Gasteiger partial charge in [-0.25, -0.2) is 12.7 Å². The molecule has 2 saturated heterocycles. The highest BCUT2D eigenvalue weighted by atomic mass is 32.2. The molecule has 0 saturated carbocycles. The largest absolute Gasteiger partial charge is 0.395 e. The minimum absolute atomic E-state index is 0.0262. The maximum absolute atomic E-state index is 13.3. The van der Waals surface area contributed by atoms with Gasteiger partial charge in [0.2, 0.25) is 10.0 Å². The fraction of sp³-hybridized carbons (Fsp3) is 0.500. The first-order valence-corrected chi connectivity index (χ1v) is 14.0. The van der Waals surface area contributed by atoms with Crippen molar-refractivity contribution < 1.29 is 13.5 Å². The van der Waals surface area contributed by atoms with E-state index in [0.29, 0.717) is 19.0 Å². The van der Waals surface area contributed by atoms with Crippen LogP contribution < -0.4 is 0 Å². The molecule has 0 bridgehead atoms. The van der Waals surface area contributed by atoms with Crippen LogP contribution in [-0.2, 0) is 15.8 Å². The van der Waals surface area contributed by atoms with Crippen LogP contribution in [0.5, 0.6) is 0 Å². The van der Waals surface area contributed by atoms with Gasteiger partial charge in [0, 0.05) is 43.1 Å². The second-order valence-electron chi connectivity index (χ2n) is 9.91. The van der Waals surface area contributed by atoms with E-state index < -0.39 is 10.0 Å². The lowest BCUT2D eigenvalue weighted by Crippen LogP contribution is -2.67. The third-order valence-corrected chi connectivity index (χ3v) is 8.77. The SMILES string of the molecule is CC(C)CC#Cc1ccc([C@@H]2[C@@H](CO)N3CCCCN(S(=O)(=O)Cc4ccccc4)C[C@@H]23)cc1. The van der Waals surface area contributed by atoms with Gasteiger partial charge in [0.15, 0.2) is 0 Å². The molecule has 2 aromatic carbocycles. The summed E-state index contributed by atoms with van der Waals surface area (Å²) < 4.78 is 28.3. The Morgan fingerprint density at radius 1 is 1.03 bits per heavy atom. The molecule has 0 spiro atoms. The van der Waals surface area contributed by atoms with Gasteiger partial charge < -0.3 is 5.11 Å². The Balaban J connectivity index is 1.53. The van der Waals surface area contributed by atoms with Crippen molar-refractivity contribution in [2.24, 2.45) is 5.92 Å². The van der Waals surface area contributed by atoms with E-state index in [-0.39, 0.29) is 30.4 Å². The van der Waals surface area contributed by atoms with Crippen molar-refractivity contribution in [3.05, 3.63) is 71.3 Å². The Hall–Kier alpha value is -2.17. The number of fused-ring (bicyclic) bond motifs is 1. The van der Waals surface area contributed by atoms with Gasteiger partial charge in [-0.2, -0.15) is 0 Å². The molecule has 2 aliphatic heterocycles. The average molecular weight is 481 g/mol. The summed E-state index contributed by atoms with van der Waals surface area (Å²) >= 11 is 0. The van der Waals surface area contributed by atoms with Crippen molar-refractivity contribution in [2.75, 3.05) is 26.2 Å². The average Bonchev–Trinajstić information content (AvgIpc) is 2.79. The van der Waals surface area contributed by atoms with E-state index in [1.807, 2.05) is 42.5 Å². The van der Waals surface area contributed by atoms with Crippen LogP contribution in [-0.4, -0.2) is 61.1 Å². The molecular formula is C28H36N2O3S. The Bertz CT molecular complexity index is 1100. The minimum Gasteiger partial charge on any atom is -0.395 e. The fourth-order valence-corrected chi connectivity index (χ4v) is 6.77. The summed E-state index contributed by atoms with van der Waals surface area (Å²) in [6.07, 6.45) is 2.65. The number of sulfonamides is 1. The summed E-state index contributed by atoms with van der Waals surface area (Å²) in [6.45, 7) is 6.32. The van der Waals surface area contributed by atoms with Crippen molar-refractivity contribution in [1.82, 2.24) is 9.21 Å². The van der Waals surface area contributed by atoms with E-state index in [1.165, 1.54) is 0 Å². The van der Waals surface area contributed by atoms with Crippen LogP contribution in [0, 0.1) is 17.8 Å². The maximum atomic E-state index is 13.3. The molecule has 1 N–H and O–H groups in total. The standard InChI is InChI=1S/C28H36N2O3S/c1-22(2)9-8-12-23-13-15-25(16-14-23)28-26-19-29(17-6-7-18-30(26)27(28)20-31)34(32,33)21-24-10-4-3-5-11-24/h3-5,10-11,13-16,22,26-28,31H,6-7,9,17-21H2,1-2H3/t26-,27+,28-/m0/s1. The quantitative estimate of drug-likeness (QED) is 0.639. The van der Waals surface area contributed by atoms with E-state index in [9.17, 15) is 13.5 Å². The topological polar surface area (TPSA) is 60.9 Å². The molecular weight excluding hydrogens is 444 g/mol. The van der Waals surface area contributed by atoms with Crippen LogP contribution in [0.15, 0.2) is 54.6 Å². The zero-order valence-corrected chi connectivity index (χ0v) is 21.0. The van der Waals surface area contributed by atoms with Crippen LogP contribution in [0.1, 0.15) is 55.7 Å². The zero-order chi connectivity index (χ0) is 24.1. The summed E-state index contributed by atoms with van der Waals surface area (Å²) in [5.74, 6) is 7.15. The normalized spacial score (nSPS) is 23.8. The van der Waals surface area contributed by atoms with Crippen molar-refractivity contribution in [3.8, 4) is 11.8 Å². The van der Waals surface area contributed by atoms with Gasteiger partial charge in [-0.1, -0.05) is 68.2 Å². The van der Waals surface area contributed by atoms with Gasteiger partial charge in [-0.05, 0) is 48.6 Å². The molecule has 2 heterocycles. The molecule has 0 aliphatic carbocycles. The van der Waals surface area contributed by atoms with Gasteiger partial charge in [0.25, 0.3) is 0 Å². The highest BCUT2D eigenvalue weighted by Crippen LogP contribution is 2.42. The molecule has 3 atom stereocenters. The zero-order valence-electron chi connectivity index (χ0n) is 20.2. The van der Waals surface area contributed by atoms with Crippen molar-refractivity contribution in [1.29, 1.82) is 0 Å². The molecule has 0 amide bonds. The fourth-order valence-electron chi connectivity index (χ4n) is 5.18. The van der Waals surface area contributed by atoms with Crippen LogP contribution >= 0.6 is 0 Å². The number of hydrogen-bond acceptors (Lipinski definition) is 4. The lowest BCUT2D eigenvalue weighted by atomic mass is 9.74. The Kier molecular flexibility index (Phi) is 8.10. The summed E-state index contributed by atoms with van der Waals surface area (Å²) in [5, 5.41) is 10.2. The molecule has 34 heavy (non-hydrogen) atoms. The van der Waals surface area contributed by atoms with Gasteiger partial charge >= 0.3 is 0 Å². The molecule has 2 fully saturated rings. The highest BCUT2D eigenvalue weighted by Gasteiger charge is 2.50. The number of nitrogens with zero attached hydrogens (tertiary/aromatic N) is 2. The maximum Gasteiger partial charge on any atom is 0.218 e. The number of aliphatic hydroxyl groups excluding tert-OH is 1. The van der Waals surface area contributed by atoms with Crippen molar-refractivity contribution in [3.63, 3.8) is 0 Å². The summed E-state index contributed by atoms with van der Waals surface area (Å²) in [6, 6.07) is 17.8. The lowest BCUT2D eigenvalue weighted by molar-refractivity contribution is -0.0554. The van der Waals surface area contributed by atoms with Gasteiger partial charge in [0.1, 0.15) is 0 Å². The third kappa shape index (κ3) is 5.72. The van der Waals surface area contributed by atoms with Crippen LogP contribution in [0.4, 0.5) is 0 Å². The second kappa shape index (κ2) is 11.0. The third-order valence-electron chi connectivity index (χ3n) is 6.96. The number of rotatable bonds is 6. The van der Waals surface area contributed by atoms with Crippen LogP contribution in [0.25, 0.3) is 0 Å². The van der Waals surface area contributed by atoms with E-state index in [2.05, 4.69) is 42.7 Å². The van der Waals surface area contributed by atoms with Gasteiger partial charge in [0.05, 0.1) is 12.4 Å². The Morgan fingerprint density at radius 3 is 2.41 bits per heavy atom. The lowest BCUT2D eigenvalue weighted by Gasteiger charge is -2.57. The first kappa shape index (κ1) is 24.9. The van der Waals surface area contributed by atoms with Gasteiger partial charge in [-0.15, -0.1) is 0 Å². The predicted molar refractivity (Wildman–Crippen MR) is 137 cm³/mol. The van der Waals surface area contributed by atoms with Crippen molar-refractivity contribution in [2.45, 2.75) is 56.9 Å². The molecule has 6 heteroatoms.